The van der Waals surface area contributed by atoms with E-state index in [-0.39, 0.29) is 23.7 Å². The summed E-state index contributed by atoms with van der Waals surface area (Å²) in [5, 5.41) is 4.62. The molecule has 3 heterocycles. The van der Waals surface area contributed by atoms with Crippen LogP contribution in [0.4, 0.5) is 0 Å². The zero-order valence-corrected chi connectivity index (χ0v) is 15.5. The number of rotatable bonds is 5. The number of sulfonamides is 1. The molecule has 3 rings (SSSR count). The minimum absolute atomic E-state index is 0.120. The Hall–Kier alpha value is -2.46. The third-order valence-electron chi connectivity index (χ3n) is 3.73. The van der Waals surface area contributed by atoms with Crippen LogP contribution in [0.25, 0.3) is 0 Å². The molecule has 0 bridgehead atoms. The fraction of sp³-hybridized carbons (Fsp3) is 0.312. The van der Waals surface area contributed by atoms with Crippen LogP contribution in [0.3, 0.4) is 0 Å². The van der Waals surface area contributed by atoms with Gasteiger partial charge in [0, 0.05) is 17.6 Å². The second-order valence-electron chi connectivity index (χ2n) is 5.69. The van der Waals surface area contributed by atoms with Crippen molar-refractivity contribution in [1.82, 2.24) is 10.2 Å². The Morgan fingerprint density at radius 3 is 2.96 bits per heavy atom. The largest absolute Gasteiger partial charge is 0.449 e. The number of carbonyl (C=O) groups excluding carboxylic acids is 2. The molecule has 8 nitrogen and oxygen atoms in total. The molecular formula is C16H17N3O5S2. The van der Waals surface area contributed by atoms with Gasteiger partial charge in [-0.1, -0.05) is 6.07 Å². The van der Waals surface area contributed by atoms with Crippen molar-refractivity contribution < 1.29 is 22.7 Å². The highest BCUT2D eigenvalue weighted by atomic mass is 32.2. The summed E-state index contributed by atoms with van der Waals surface area (Å²) in [5.74, 6) is -0.912. The Bertz CT molecular complexity index is 900. The van der Waals surface area contributed by atoms with Gasteiger partial charge in [0.1, 0.15) is 5.84 Å². The molecule has 0 fully saturated rings. The average molecular weight is 395 g/mol. The zero-order valence-electron chi connectivity index (χ0n) is 13.9. The summed E-state index contributed by atoms with van der Waals surface area (Å²) in [4.78, 5) is 26.9. The first-order chi connectivity index (χ1) is 12.3. The lowest BCUT2D eigenvalue weighted by molar-refractivity contribution is -0.151. The predicted molar refractivity (Wildman–Crippen MR) is 96.9 cm³/mol. The molecule has 0 aromatic carbocycles. The topological polar surface area (TPSA) is 105 Å². The number of amidine groups is 1. The van der Waals surface area contributed by atoms with E-state index in [0.717, 1.165) is 4.88 Å². The van der Waals surface area contributed by atoms with E-state index in [2.05, 4.69) is 9.71 Å². The van der Waals surface area contributed by atoms with Crippen molar-refractivity contribution in [2.45, 2.75) is 19.6 Å². The summed E-state index contributed by atoms with van der Waals surface area (Å²) < 4.78 is 31.8. The maximum atomic E-state index is 12.2. The van der Waals surface area contributed by atoms with Crippen LogP contribution in [-0.4, -0.2) is 49.4 Å². The molecule has 10 heteroatoms. The quantitative estimate of drug-likeness (QED) is 0.739. The number of thiophene rings is 1. The maximum Gasteiger partial charge on any atom is 0.340 e. The summed E-state index contributed by atoms with van der Waals surface area (Å²) in [6.07, 6.45) is 3.39. The summed E-state index contributed by atoms with van der Waals surface area (Å²) in [6.45, 7) is 2.08. The van der Waals surface area contributed by atoms with Crippen molar-refractivity contribution in [3.05, 3.63) is 46.3 Å². The van der Waals surface area contributed by atoms with Crippen molar-refractivity contribution in [3.63, 3.8) is 0 Å². The Balaban J connectivity index is 1.57. The molecule has 0 saturated carbocycles. The van der Waals surface area contributed by atoms with Crippen LogP contribution in [0.2, 0.25) is 0 Å². The highest BCUT2D eigenvalue weighted by molar-refractivity contribution is 7.90. The third-order valence-corrected chi connectivity index (χ3v) is 5.77. The molecule has 0 radical (unpaired) electrons. The predicted octanol–water partition coefficient (Wildman–Crippen LogP) is 0.794. The first kappa shape index (κ1) is 18.3. The van der Waals surface area contributed by atoms with E-state index >= 15 is 0 Å². The smallest absolute Gasteiger partial charge is 0.340 e. The van der Waals surface area contributed by atoms with Crippen molar-refractivity contribution >= 4 is 39.1 Å². The van der Waals surface area contributed by atoms with Gasteiger partial charge in [-0.15, -0.1) is 15.7 Å². The number of fused-ring (bicyclic) bond motifs is 1. The average Bonchev–Trinajstić information content (AvgIpc) is 3.11. The molecule has 0 unspecified atom stereocenters. The van der Waals surface area contributed by atoms with Gasteiger partial charge in [-0.05, 0) is 30.5 Å². The number of carbonyl (C=O) groups is 2. The number of nitrogens with zero attached hydrogens (tertiary/aromatic N) is 2. The fourth-order valence-electron chi connectivity index (χ4n) is 2.33. The van der Waals surface area contributed by atoms with Gasteiger partial charge in [0.2, 0.25) is 0 Å². The van der Waals surface area contributed by atoms with Crippen LogP contribution in [0, 0.1) is 0 Å². The van der Waals surface area contributed by atoms with Crippen LogP contribution in [0.15, 0.2) is 45.8 Å². The number of ether oxygens (including phenoxy) is 1. The Labute approximate surface area is 154 Å². The first-order valence-electron chi connectivity index (χ1n) is 7.84. The highest BCUT2D eigenvalue weighted by Crippen LogP contribution is 2.17. The van der Waals surface area contributed by atoms with Gasteiger partial charge in [-0.25, -0.2) is 13.2 Å². The van der Waals surface area contributed by atoms with Crippen molar-refractivity contribution in [1.29, 1.82) is 0 Å². The minimum atomic E-state index is -3.45. The van der Waals surface area contributed by atoms with E-state index in [0.29, 0.717) is 6.54 Å². The van der Waals surface area contributed by atoms with Crippen LogP contribution in [0.1, 0.15) is 11.8 Å². The summed E-state index contributed by atoms with van der Waals surface area (Å²) in [6, 6.07) is 3.79. The van der Waals surface area contributed by atoms with E-state index in [1.807, 2.05) is 17.5 Å². The van der Waals surface area contributed by atoms with Gasteiger partial charge in [-0.2, -0.15) is 0 Å². The van der Waals surface area contributed by atoms with Gasteiger partial charge >= 0.3 is 5.97 Å². The lowest BCUT2D eigenvalue weighted by Gasteiger charge is -2.27. The van der Waals surface area contributed by atoms with E-state index < -0.39 is 28.0 Å². The number of nitrogens with one attached hydrogen (secondary N) is 1. The highest BCUT2D eigenvalue weighted by Gasteiger charge is 2.26. The first-order valence-corrected chi connectivity index (χ1v) is 10.3. The monoisotopic (exact) mass is 395 g/mol. The fourth-order valence-corrected chi connectivity index (χ4v) is 3.95. The van der Waals surface area contributed by atoms with Gasteiger partial charge < -0.3 is 15.0 Å². The van der Waals surface area contributed by atoms with Crippen LogP contribution in [0.5, 0.6) is 0 Å². The molecule has 1 atom stereocenters. The minimum Gasteiger partial charge on any atom is -0.449 e. The Morgan fingerprint density at radius 1 is 1.42 bits per heavy atom. The Morgan fingerprint density at radius 2 is 2.23 bits per heavy atom. The second-order valence-corrected chi connectivity index (χ2v) is 8.48. The lowest BCUT2D eigenvalue weighted by atomic mass is 10.2. The van der Waals surface area contributed by atoms with Crippen molar-refractivity contribution in [3.8, 4) is 0 Å². The third kappa shape index (κ3) is 4.38. The normalized spacial score (nSPS) is 19.0. The second kappa shape index (κ2) is 7.42. The van der Waals surface area contributed by atoms with Crippen LogP contribution >= 0.6 is 11.3 Å². The van der Waals surface area contributed by atoms with Crippen LogP contribution in [-0.2, 0) is 30.9 Å². The summed E-state index contributed by atoms with van der Waals surface area (Å²) in [7, 11) is -3.45. The number of hydrogen-bond acceptors (Lipinski definition) is 7. The molecule has 2 aliphatic rings. The lowest BCUT2D eigenvalue weighted by Crippen LogP contribution is -2.38. The summed E-state index contributed by atoms with van der Waals surface area (Å²) in [5.41, 5.74) is 0.223. The van der Waals surface area contributed by atoms with Crippen molar-refractivity contribution in [2.24, 2.45) is 4.40 Å². The van der Waals surface area contributed by atoms with Gasteiger partial charge in [0.25, 0.3) is 15.9 Å². The van der Waals surface area contributed by atoms with E-state index in [9.17, 15) is 18.0 Å². The molecule has 1 amide bonds. The molecule has 1 aromatic rings. The molecule has 0 aliphatic carbocycles. The molecule has 1 N–H and O–H groups in total. The molecule has 0 spiro atoms. The molecule has 138 valence electrons. The molecule has 26 heavy (non-hydrogen) atoms. The van der Waals surface area contributed by atoms with Crippen LogP contribution < -0.4 is 5.32 Å². The maximum absolute atomic E-state index is 12.2. The Kier molecular flexibility index (Phi) is 5.23. The van der Waals surface area contributed by atoms with E-state index in [1.165, 1.54) is 36.6 Å². The number of amides is 1. The molecular weight excluding hydrogens is 378 g/mol. The van der Waals surface area contributed by atoms with E-state index in [1.54, 1.807) is 4.90 Å². The van der Waals surface area contributed by atoms with Crippen molar-refractivity contribution in [2.75, 3.05) is 12.3 Å². The number of esters is 1. The summed E-state index contributed by atoms with van der Waals surface area (Å²) >= 11 is 1.52. The molecule has 1 aromatic heterocycles. The molecule has 0 saturated heterocycles. The number of hydrogen-bond donors (Lipinski definition) is 1. The van der Waals surface area contributed by atoms with Gasteiger partial charge in [0.05, 0.1) is 17.9 Å². The van der Waals surface area contributed by atoms with Gasteiger partial charge in [0.15, 0.2) is 6.10 Å². The standard InChI is InChI=1S/C16H17N3O5S2/c1-11(15(20)17-9-13-3-2-7-25-13)24-16(21)12-4-5-14-18-26(22,23)8-6-19(14)10-12/h2-5,7,10-11H,6,8-9H2,1H3,(H,17,20)/t11-/m0/s1. The molecule has 2 aliphatic heterocycles. The van der Waals surface area contributed by atoms with Gasteiger partial charge in [-0.3, -0.25) is 4.79 Å². The van der Waals surface area contributed by atoms with E-state index in [4.69, 9.17) is 4.74 Å². The zero-order chi connectivity index (χ0) is 18.7. The SMILES string of the molecule is C[C@H](OC(=O)C1=CN2CCS(=O)(=O)N=C2C=C1)C(=O)NCc1cccs1.